The van der Waals surface area contributed by atoms with Crippen LogP contribution in [0.1, 0.15) is 24.2 Å². The average Bonchev–Trinajstić information content (AvgIpc) is 2.90. The lowest BCUT2D eigenvalue weighted by Gasteiger charge is -2.22. The van der Waals surface area contributed by atoms with Gasteiger partial charge in [-0.05, 0) is 39.1 Å². The molecule has 23 heavy (non-hydrogen) atoms. The van der Waals surface area contributed by atoms with Gasteiger partial charge in [0.05, 0.1) is 18.7 Å². The van der Waals surface area contributed by atoms with Gasteiger partial charge in [0, 0.05) is 24.7 Å². The lowest BCUT2D eigenvalue weighted by molar-refractivity contribution is 0.0781. The Bertz CT molecular complexity index is 577. The van der Waals surface area contributed by atoms with Gasteiger partial charge in [-0.3, -0.25) is 4.79 Å². The van der Waals surface area contributed by atoms with Crippen LogP contribution in [0.25, 0.3) is 0 Å². The van der Waals surface area contributed by atoms with Crippen molar-refractivity contribution >= 4 is 17.5 Å². The van der Waals surface area contributed by atoms with E-state index >= 15 is 0 Å². The SMILES string of the molecule is CCOc1c(Cl)cc(C(=O)N2CC(C)C(N(C)C)C2)cc1OC. The molecule has 128 valence electrons. The monoisotopic (exact) mass is 340 g/mol. The summed E-state index contributed by atoms with van der Waals surface area (Å²) >= 11 is 6.27. The van der Waals surface area contributed by atoms with Gasteiger partial charge >= 0.3 is 0 Å². The van der Waals surface area contributed by atoms with Crippen LogP contribution in [0.4, 0.5) is 0 Å². The van der Waals surface area contributed by atoms with E-state index in [-0.39, 0.29) is 5.91 Å². The second-order valence-electron chi connectivity index (χ2n) is 6.14. The number of ether oxygens (including phenoxy) is 2. The molecule has 0 aliphatic carbocycles. The van der Waals surface area contributed by atoms with E-state index in [2.05, 4.69) is 11.8 Å². The first kappa shape index (κ1) is 17.9. The van der Waals surface area contributed by atoms with Gasteiger partial charge in [0.2, 0.25) is 0 Å². The van der Waals surface area contributed by atoms with Crippen molar-refractivity contribution in [1.29, 1.82) is 0 Å². The van der Waals surface area contributed by atoms with Gasteiger partial charge in [-0.15, -0.1) is 0 Å². The molecule has 6 heteroatoms. The summed E-state index contributed by atoms with van der Waals surface area (Å²) in [7, 11) is 5.64. The molecule has 2 rings (SSSR count). The highest BCUT2D eigenvalue weighted by Crippen LogP contribution is 2.37. The quantitative estimate of drug-likeness (QED) is 0.826. The third-order valence-corrected chi connectivity index (χ3v) is 4.57. The first-order chi connectivity index (χ1) is 10.9. The van der Waals surface area contributed by atoms with Crippen LogP contribution < -0.4 is 9.47 Å². The molecule has 1 fully saturated rings. The Morgan fingerprint density at radius 2 is 2.09 bits per heavy atom. The van der Waals surface area contributed by atoms with E-state index in [9.17, 15) is 4.79 Å². The first-order valence-electron chi connectivity index (χ1n) is 7.85. The van der Waals surface area contributed by atoms with Crippen molar-refractivity contribution in [2.75, 3.05) is 40.9 Å². The molecule has 1 heterocycles. The molecule has 0 N–H and O–H groups in total. The number of methoxy groups -OCH3 is 1. The first-order valence-corrected chi connectivity index (χ1v) is 8.22. The third kappa shape index (κ3) is 3.72. The number of amides is 1. The molecule has 5 nitrogen and oxygen atoms in total. The van der Waals surface area contributed by atoms with Crippen LogP contribution in [-0.4, -0.2) is 62.7 Å². The van der Waals surface area contributed by atoms with E-state index in [1.807, 2.05) is 25.9 Å². The van der Waals surface area contributed by atoms with Crippen molar-refractivity contribution < 1.29 is 14.3 Å². The van der Waals surface area contributed by atoms with Gasteiger partial charge in [0.25, 0.3) is 5.91 Å². The predicted octanol–water partition coefficient (Wildman–Crippen LogP) is 2.77. The number of hydrogen-bond donors (Lipinski definition) is 0. The van der Waals surface area contributed by atoms with E-state index in [1.165, 1.54) is 0 Å². The number of hydrogen-bond acceptors (Lipinski definition) is 4. The van der Waals surface area contributed by atoms with Crippen LogP contribution in [0.2, 0.25) is 5.02 Å². The maximum absolute atomic E-state index is 12.8. The number of likely N-dealkylation sites (N-methyl/N-ethyl adjacent to an activating group) is 1. The predicted molar refractivity (Wildman–Crippen MR) is 91.7 cm³/mol. The van der Waals surface area contributed by atoms with Crippen molar-refractivity contribution in [2.24, 2.45) is 5.92 Å². The maximum atomic E-state index is 12.8. The van der Waals surface area contributed by atoms with E-state index < -0.39 is 0 Å². The molecule has 1 saturated heterocycles. The highest BCUT2D eigenvalue weighted by atomic mass is 35.5. The second-order valence-corrected chi connectivity index (χ2v) is 6.55. The largest absolute Gasteiger partial charge is 0.493 e. The lowest BCUT2D eigenvalue weighted by atomic mass is 10.1. The molecule has 0 spiro atoms. The Morgan fingerprint density at radius 3 is 2.61 bits per heavy atom. The van der Waals surface area contributed by atoms with Gasteiger partial charge in [-0.25, -0.2) is 0 Å². The smallest absolute Gasteiger partial charge is 0.254 e. The summed E-state index contributed by atoms with van der Waals surface area (Å²) in [6.45, 7) is 6.00. The molecule has 1 aromatic rings. The highest BCUT2D eigenvalue weighted by Gasteiger charge is 2.34. The Labute approximate surface area is 143 Å². The number of carbonyl (C=O) groups is 1. The summed E-state index contributed by atoms with van der Waals surface area (Å²) < 4.78 is 10.8. The van der Waals surface area contributed by atoms with Gasteiger partial charge < -0.3 is 19.3 Å². The zero-order valence-corrected chi connectivity index (χ0v) is 15.2. The summed E-state index contributed by atoms with van der Waals surface area (Å²) in [4.78, 5) is 16.8. The third-order valence-electron chi connectivity index (χ3n) is 4.29. The fourth-order valence-corrected chi connectivity index (χ4v) is 3.36. The van der Waals surface area contributed by atoms with Gasteiger partial charge in [-0.2, -0.15) is 0 Å². The summed E-state index contributed by atoms with van der Waals surface area (Å²) in [5.41, 5.74) is 0.530. The molecule has 1 amide bonds. The van der Waals surface area contributed by atoms with Crippen LogP contribution in [0.3, 0.4) is 0 Å². The van der Waals surface area contributed by atoms with E-state index in [1.54, 1.807) is 19.2 Å². The Kier molecular flexibility index (Phi) is 5.76. The van der Waals surface area contributed by atoms with Crippen molar-refractivity contribution in [1.82, 2.24) is 9.80 Å². The molecule has 0 aromatic heterocycles. The molecule has 1 aromatic carbocycles. The molecule has 1 aliphatic rings. The van der Waals surface area contributed by atoms with Crippen molar-refractivity contribution in [3.63, 3.8) is 0 Å². The lowest BCUT2D eigenvalue weighted by Crippen LogP contribution is -2.35. The molecule has 0 saturated carbocycles. The minimum atomic E-state index is -0.0237. The van der Waals surface area contributed by atoms with Gasteiger partial charge in [0.1, 0.15) is 0 Å². The molecular formula is C17H25ClN2O3. The van der Waals surface area contributed by atoms with Crippen molar-refractivity contribution in [2.45, 2.75) is 19.9 Å². The Morgan fingerprint density at radius 1 is 1.39 bits per heavy atom. The summed E-state index contributed by atoms with van der Waals surface area (Å²) in [5.74, 6) is 1.38. The molecule has 2 atom stereocenters. The molecule has 1 aliphatic heterocycles. The number of nitrogens with zero attached hydrogens (tertiary/aromatic N) is 2. The topological polar surface area (TPSA) is 42.0 Å². The highest BCUT2D eigenvalue weighted by molar-refractivity contribution is 6.32. The fourth-order valence-electron chi connectivity index (χ4n) is 3.10. The van der Waals surface area contributed by atoms with Crippen LogP contribution >= 0.6 is 11.6 Å². The van der Waals surface area contributed by atoms with Crippen LogP contribution in [0, 0.1) is 5.92 Å². The van der Waals surface area contributed by atoms with Crippen molar-refractivity contribution in [3.8, 4) is 11.5 Å². The number of carbonyl (C=O) groups excluding carboxylic acids is 1. The number of rotatable bonds is 5. The Hall–Kier alpha value is -1.46. The minimum Gasteiger partial charge on any atom is -0.493 e. The molecular weight excluding hydrogens is 316 g/mol. The van der Waals surface area contributed by atoms with Crippen molar-refractivity contribution in [3.05, 3.63) is 22.7 Å². The Balaban J connectivity index is 2.25. The maximum Gasteiger partial charge on any atom is 0.254 e. The average molecular weight is 341 g/mol. The number of benzene rings is 1. The molecule has 2 unspecified atom stereocenters. The second kappa shape index (κ2) is 7.41. The van der Waals surface area contributed by atoms with E-state index in [4.69, 9.17) is 21.1 Å². The molecule has 0 radical (unpaired) electrons. The standard InChI is InChI=1S/C17H25ClN2O3/c1-6-23-16-13(18)7-12(8-15(16)22-5)17(21)20-9-11(2)14(10-20)19(3)4/h7-8,11,14H,6,9-10H2,1-5H3. The summed E-state index contributed by atoms with van der Waals surface area (Å²) in [6.07, 6.45) is 0. The van der Waals surface area contributed by atoms with E-state index in [0.29, 0.717) is 40.7 Å². The molecule has 0 bridgehead atoms. The van der Waals surface area contributed by atoms with Crippen LogP contribution in [0.15, 0.2) is 12.1 Å². The fraction of sp³-hybridized carbons (Fsp3) is 0.588. The van der Waals surface area contributed by atoms with E-state index in [0.717, 1.165) is 13.1 Å². The number of likely N-dealkylation sites (tertiary alicyclic amines) is 1. The normalized spacial score (nSPS) is 20.9. The summed E-state index contributed by atoms with van der Waals surface area (Å²) in [5, 5.41) is 0.394. The van der Waals surface area contributed by atoms with Gasteiger partial charge in [0.15, 0.2) is 11.5 Å². The van der Waals surface area contributed by atoms with Gasteiger partial charge in [-0.1, -0.05) is 18.5 Å². The zero-order valence-electron chi connectivity index (χ0n) is 14.4. The minimum absolute atomic E-state index is 0.0237. The summed E-state index contributed by atoms with van der Waals surface area (Å²) in [6, 6.07) is 3.73. The van der Waals surface area contributed by atoms with Crippen LogP contribution in [0.5, 0.6) is 11.5 Å². The zero-order chi connectivity index (χ0) is 17.1. The number of halogens is 1. The van der Waals surface area contributed by atoms with Crippen LogP contribution in [-0.2, 0) is 0 Å².